The van der Waals surface area contributed by atoms with Gasteiger partial charge in [-0.25, -0.2) is 14.8 Å². The second-order valence-corrected chi connectivity index (χ2v) is 5.44. The molecule has 0 saturated carbocycles. The van der Waals surface area contributed by atoms with E-state index in [0.29, 0.717) is 11.6 Å². The average Bonchev–Trinajstić information content (AvgIpc) is 2.22. The molecule has 19 heavy (non-hydrogen) atoms. The monoisotopic (exact) mass is 285 g/mol. The quantitative estimate of drug-likeness (QED) is 0.857. The van der Waals surface area contributed by atoms with E-state index >= 15 is 0 Å². The van der Waals surface area contributed by atoms with Crippen LogP contribution in [-0.2, 0) is 15.5 Å². The lowest BCUT2D eigenvalue weighted by atomic mass is 10.2. The molecular weight excluding hydrogens is 266 g/mol. The number of aromatic nitrogens is 2. The molecule has 106 valence electrons. The van der Waals surface area contributed by atoms with E-state index in [4.69, 9.17) is 8.92 Å². The number of aryl methyl sites for hydroxylation is 1. The maximum Gasteiger partial charge on any atom is 0.413 e. The zero-order chi connectivity index (χ0) is 14.5. The number of anilines is 1. The summed E-state index contributed by atoms with van der Waals surface area (Å²) < 4.78 is 10.3. The van der Waals surface area contributed by atoms with Crippen LogP contribution >= 0.6 is 12.0 Å². The minimum atomic E-state index is -0.545. The van der Waals surface area contributed by atoms with Crippen LogP contribution in [0.15, 0.2) is 6.07 Å². The van der Waals surface area contributed by atoms with Crippen LogP contribution < -0.4 is 5.32 Å². The molecular formula is C12H19N3O3S. The zero-order valence-electron chi connectivity index (χ0n) is 11.8. The normalized spacial score (nSPS) is 11.2. The Balaban J connectivity index is 2.72. The fraction of sp³-hybridized carbons (Fsp3) is 0.583. The van der Waals surface area contributed by atoms with E-state index in [1.54, 1.807) is 26.8 Å². The number of carbonyl (C=O) groups excluding carboxylic acids is 1. The van der Waals surface area contributed by atoms with Gasteiger partial charge in [-0.15, -0.1) is 0 Å². The summed E-state index contributed by atoms with van der Waals surface area (Å²) >= 11 is 1.24. The summed E-state index contributed by atoms with van der Waals surface area (Å²) in [5, 5.41) is 2.58. The van der Waals surface area contributed by atoms with Gasteiger partial charge in [-0.2, -0.15) is 0 Å². The van der Waals surface area contributed by atoms with Crippen molar-refractivity contribution >= 4 is 24.0 Å². The maximum absolute atomic E-state index is 11.6. The van der Waals surface area contributed by atoms with Crippen LogP contribution in [0.3, 0.4) is 0 Å². The highest BCUT2D eigenvalue weighted by molar-refractivity contribution is 7.93. The fourth-order valence-electron chi connectivity index (χ4n) is 1.28. The molecule has 0 aliphatic rings. The Morgan fingerprint density at radius 3 is 2.68 bits per heavy atom. The maximum atomic E-state index is 11.6. The van der Waals surface area contributed by atoms with Gasteiger partial charge in [0.25, 0.3) is 0 Å². The standard InChI is InChI=1S/C12H19N3O3S/c1-8-6-9(14-10(13-8)7-17-19-5)15-11(16)18-12(2,3)4/h6H,7H2,1-5H3,(H,13,14,15,16). The number of carbonyl (C=O) groups is 1. The van der Waals surface area contributed by atoms with Gasteiger partial charge in [0.2, 0.25) is 0 Å². The van der Waals surface area contributed by atoms with Crippen molar-refractivity contribution < 1.29 is 13.7 Å². The largest absolute Gasteiger partial charge is 0.444 e. The Kier molecular flexibility index (Phi) is 5.56. The number of nitrogens with zero attached hydrogens (tertiary/aromatic N) is 2. The fourth-order valence-corrected chi connectivity index (χ4v) is 1.50. The van der Waals surface area contributed by atoms with Gasteiger partial charge >= 0.3 is 6.09 Å². The first-order valence-corrected chi connectivity index (χ1v) is 6.95. The van der Waals surface area contributed by atoms with Gasteiger partial charge in [-0.3, -0.25) is 5.32 Å². The highest BCUT2D eigenvalue weighted by Gasteiger charge is 2.17. The lowest BCUT2D eigenvalue weighted by molar-refractivity contribution is 0.0635. The minimum Gasteiger partial charge on any atom is -0.444 e. The van der Waals surface area contributed by atoms with E-state index in [9.17, 15) is 4.79 Å². The summed E-state index contributed by atoms with van der Waals surface area (Å²) in [4.78, 5) is 20.0. The van der Waals surface area contributed by atoms with Crippen molar-refractivity contribution in [3.63, 3.8) is 0 Å². The molecule has 0 aromatic carbocycles. The first-order valence-electron chi connectivity index (χ1n) is 5.80. The van der Waals surface area contributed by atoms with Crippen molar-refractivity contribution in [2.75, 3.05) is 11.6 Å². The van der Waals surface area contributed by atoms with Crippen molar-refractivity contribution in [3.05, 3.63) is 17.6 Å². The van der Waals surface area contributed by atoms with Crippen LogP contribution in [0.1, 0.15) is 32.3 Å². The van der Waals surface area contributed by atoms with Gasteiger partial charge < -0.3 is 8.92 Å². The van der Waals surface area contributed by atoms with Crippen LogP contribution in [0, 0.1) is 6.92 Å². The summed E-state index contributed by atoms with van der Waals surface area (Å²) in [6, 6.07) is 1.67. The predicted octanol–water partition coefficient (Wildman–Crippen LogP) is 2.93. The van der Waals surface area contributed by atoms with Crippen LogP contribution in [0.25, 0.3) is 0 Å². The predicted molar refractivity (Wildman–Crippen MR) is 74.9 cm³/mol. The molecule has 1 amide bonds. The lowest BCUT2D eigenvalue weighted by Gasteiger charge is -2.19. The summed E-state index contributed by atoms with van der Waals surface area (Å²) in [7, 11) is 0. The number of hydrogen-bond acceptors (Lipinski definition) is 6. The van der Waals surface area contributed by atoms with Gasteiger partial charge in [-0.05, 0) is 39.7 Å². The van der Waals surface area contributed by atoms with Gasteiger partial charge in [0, 0.05) is 18.0 Å². The van der Waals surface area contributed by atoms with Crippen LogP contribution in [-0.4, -0.2) is 27.9 Å². The molecule has 0 bridgehead atoms. The molecule has 0 saturated heterocycles. The van der Waals surface area contributed by atoms with Crippen LogP contribution in [0.5, 0.6) is 0 Å². The van der Waals surface area contributed by atoms with Crippen LogP contribution in [0.2, 0.25) is 0 Å². The van der Waals surface area contributed by atoms with Gasteiger partial charge in [0.1, 0.15) is 18.0 Å². The average molecular weight is 285 g/mol. The second-order valence-electron chi connectivity index (χ2n) is 4.87. The molecule has 0 aliphatic heterocycles. The van der Waals surface area contributed by atoms with Gasteiger partial charge in [0.15, 0.2) is 5.82 Å². The van der Waals surface area contributed by atoms with E-state index in [1.807, 2.05) is 13.2 Å². The molecule has 0 aliphatic carbocycles. The van der Waals surface area contributed by atoms with Gasteiger partial charge in [-0.1, -0.05) is 0 Å². The first-order chi connectivity index (χ1) is 8.80. The summed E-state index contributed by atoms with van der Waals surface area (Å²) in [6.07, 6.45) is 1.28. The van der Waals surface area contributed by atoms with Crippen LogP contribution in [0.4, 0.5) is 10.6 Å². The molecule has 1 aromatic rings. The highest BCUT2D eigenvalue weighted by atomic mass is 32.2. The minimum absolute atomic E-state index is 0.284. The number of rotatable bonds is 4. The summed E-state index contributed by atoms with van der Waals surface area (Å²) in [6.45, 7) is 7.51. The molecule has 0 fully saturated rings. The molecule has 7 heteroatoms. The SMILES string of the molecule is CSOCc1nc(C)cc(NC(=O)OC(C)(C)C)n1. The third kappa shape index (κ3) is 6.40. The zero-order valence-corrected chi connectivity index (χ0v) is 12.6. The molecule has 0 radical (unpaired) electrons. The molecule has 1 N–H and O–H groups in total. The van der Waals surface area contributed by atoms with E-state index in [2.05, 4.69) is 15.3 Å². The number of ether oxygens (including phenoxy) is 1. The van der Waals surface area contributed by atoms with Gasteiger partial charge in [0.05, 0.1) is 0 Å². The molecule has 0 spiro atoms. The van der Waals surface area contributed by atoms with E-state index in [1.165, 1.54) is 12.0 Å². The summed E-state index contributed by atoms with van der Waals surface area (Å²) in [5.74, 6) is 0.918. The van der Waals surface area contributed by atoms with Crippen molar-refractivity contribution in [2.45, 2.75) is 39.9 Å². The number of hydrogen-bond donors (Lipinski definition) is 1. The Labute approximate surface area is 117 Å². The molecule has 1 aromatic heterocycles. The van der Waals surface area contributed by atoms with Crippen molar-refractivity contribution in [2.24, 2.45) is 0 Å². The van der Waals surface area contributed by atoms with Crippen molar-refractivity contribution in [1.29, 1.82) is 0 Å². The van der Waals surface area contributed by atoms with E-state index < -0.39 is 11.7 Å². The third-order valence-electron chi connectivity index (χ3n) is 1.84. The first kappa shape index (κ1) is 15.7. The number of nitrogens with one attached hydrogen (secondary N) is 1. The Hall–Kier alpha value is -1.34. The van der Waals surface area contributed by atoms with Crippen molar-refractivity contribution in [3.8, 4) is 0 Å². The smallest absolute Gasteiger partial charge is 0.413 e. The Morgan fingerprint density at radius 1 is 1.42 bits per heavy atom. The lowest BCUT2D eigenvalue weighted by Crippen LogP contribution is -2.27. The molecule has 1 heterocycles. The second kappa shape index (κ2) is 6.72. The Morgan fingerprint density at radius 2 is 2.11 bits per heavy atom. The molecule has 0 atom stereocenters. The van der Waals surface area contributed by atoms with Crippen molar-refractivity contribution in [1.82, 2.24) is 9.97 Å². The molecule has 0 unspecified atom stereocenters. The number of amides is 1. The Bertz CT molecular complexity index is 446. The molecule has 1 rings (SSSR count). The molecule has 6 nitrogen and oxygen atoms in total. The third-order valence-corrected chi connectivity index (χ3v) is 2.19. The van der Waals surface area contributed by atoms with E-state index in [0.717, 1.165) is 5.69 Å². The van der Waals surface area contributed by atoms with E-state index in [-0.39, 0.29) is 6.61 Å². The summed E-state index contributed by atoms with van der Waals surface area (Å²) in [5.41, 5.74) is 0.206. The highest BCUT2D eigenvalue weighted by Crippen LogP contribution is 2.12. The topological polar surface area (TPSA) is 73.3 Å².